The summed E-state index contributed by atoms with van der Waals surface area (Å²) in [5.74, 6) is -1.20. The van der Waals surface area contributed by atoms with Crippen LogP contribution >= 0.6 is 15.9 Å². The van der Waals surface area contributed by atoms with Gasteiger partial charge in [0.1, 0.15) is 0 Å². The first-order chi connectivity index (χ1) is 9.47. The first-order valence-corrected chi connectivity index (χ1v) is 7.31. The Labute approximate surface area is 126 Å². The molecule has 20 heavy (non-hydrogen) atoms. The van der Waals surface area contributed by atoms with Crippen molar-refractivity contribution in [2.45, 2.75) is 25.9 Å². The van der Waals surface area contributed by atoms with Crippen LogP contribution in [-0.2, 0) is 9.59 Å². The minimum Gasteiger partial charge on any atom is -0.393 e. The van der Waals surface area contributed by atoms with Crippen LogP contribution in [0.15, 0.2) is 22.7 Å². The third-order valence-corrected chi connectivity index (χ3v) is 3.97. The van der Waals surface area contributed by atoms with Crippen LogP contribution in [0, 0.1) is 6.92 Å². The van der Waals surface area contributed by atoms with E-state index in [9.17, 15) is 14.7 Å². The van der Waals surface area contributed by atoms with Crippen molar-refractivity contribution < 1.29 is 14.7 Å². The number of aryl methyl sites for hydroxylation is 1. The lowest BCUT2D eigenvalue weighted by Gasteiger charge is -2.28. The maximum absolute atomic E-state index is 12.0. The summed E-state index contributed by atoms with van der Waals surface area (Å²) in [6.07, 6.45) is 0.675. The zero-order chi connectivity index (χ0) is 14.7. The third-order valence-electron chi connectivity index (χ3n) is 3.32. The molecular weight excluding hydrogens is 324 g/mol. The summed E-state index contributed by atoms with van der Waals surface area (Å²) in [5.41, 5.74) is 1.64. The van der Waals surface area contributed by atoms with Gasteiger partial charge in [0.2, 0.25) is 0 Å². The fourth-order valence-electron chi connectivity index (χ4n) is 2.11. The Bertz CT molecular complexity index is 525. The second-order valence-electron chi connectivity index (χ2n) is 4.96. The summed E-state index contributed by atoms with van der Waals surface area (Å²) in [4.78, 5) is 25.4. The summed E-state index contributed by atoms with van der Waals surface area (Å²) in [7, 11) is 0. The number of anilines is 1. The van der Waals surface area contributed by atoms with E-state index in [4.69, 9.17) is 0 Å². The highest BCUT2D eigenvalue weighted by Gasteiger charge is 2.26. The molecule has 1 saturated heterocycles. The number of nitrogens with one attached hydrogen (secondary N) is 1. The summed E-state index contributed by atoms with van der Waals surface area (Å²) in [6, 6.07) is 5.49. The Kier molecular flexibility index (Phi) is 4.77. The van der Waals surface area contributed by atoms with Gasteiger partial charge in [-0.2, -0.15) is 0 Å². The molecule has 1 aliphatic heterocycles. The quantitative estimate of drug-likeness (QED) is 0.764. The summed E-state index contributed by atoms with van der Waals surface area (Å²) in [5, 5.41) is 12.0. The lowest BCUT2D eigenvalue weighted by atomic mass is 10.1. The van der Waals surface area contributed by atoms with Crippen molar-refractivity contribution in [1.29, 1.82) is 0 Å². The van der Waals surface area contributed by atoms with Crippen molar-refractivity contribution in [3.8, 4) is 0 Å². The number of halogens is 1. The number of amides is 2. The van der Waals surface area contributed by atoms with Gasteiger partial charge in [-0.05, 0) is 53.4 Å². The van der Waals surface area contributed by atoms with Gasteiger partial charge in [0.25, 0.3) is 0 Å². The Morgan fingerprint density at radius 2 is 2.00 bits per heavy atom. The third kappa shape index (κ3) is 3.58. The predicted octanol–water partition coefficient (Wildman–Crippen LogP) is 1.68. The Morgan fingerprint density at radius 3 is 2.60 bits per heavy atom. The van der Waals surface area contributed by atoms with E-state index in [0.29, 0.717) is 31.6 Å². The van der Waals surface area contributed by atoms with Crippen molar-refractivity contribution in [3.63, 3.8) is 0 Å². The van der Waals surface area contributed by atoms with Gasteiger partial charge in [-0.15, -0.1) is 0 Å². The number of nitrogens with zero attached hydrogens (tertiary/aromatic N) is 1. The lowest BCUT2D eigenvalue weighted by Crippen LogP contribution is -2.45. The first-order valence-electron chi connectivity index (χ1n) is 6.52. The fourth-order valence-corrected chi connectivity index (χ4v) is 2.70. The molecular formula is C14H17BrN2O3. The monoisotopic (exact) mass is 340 g/mol. The Hall–Kier alpha value is -1.40. The molecule has 1 aromatic rings. The van der Waals surface area contributed by atoms with E-state index in [1.165, 1.54) is 4.90 Å². The van der Waals surface area contributed by atoms with Gasteiger partial charge in [0, 0.05) is 17.6 Å². The topological polar surface area (TPSA) is 69.6 Å². The number of likely N-dealkylation sites (tertiary alicyclic amines) is 1. The SMILES string of the molecule is Cc1ccc(NC(=O)C(=O)N2CCC(O)CC2)c(Br)c1. The number of hydrogen-bond donors (Lipinski definition) is 2. The molecule has 2 amide bonds. The van der Waals surface area contributed by atoms with Gasteiger partial charge in [-0.3, -0.25) is 9.59 Å². The fraction of sp³-hybridized carbons (Fsp3) is 0.429. The Morgan fingerprint density at radius 1 is 1.35 bits per heavy atom. The van der Waals surface area contributed by atoms with Crippen LogP contribution in [0.25, 0.3) is 0 Å². The van der Waals surface area contributed by atoms with E-state index in [1.807, 2.05) is 19.1 Å². The highest BCUT2D eigenvalue weighted by atomic mass is 79.9. The molecule has 108 valence electrons. The van der Waals surface area contributed by atoms with Crippen molar-refractivity contribution in [3.05, 3.63) is 28.2 Å². The number of rotatable bonds is 1. The standard InChI is InChI=1S/C14H17BrN2O3/c1-9-2-3-12(11(15)8-9)16-13(19)14(20)17-6-4-10(18)5-7-17/h2-3,8,10,18H,4-7H2,1H3,(H,16,19). The molecule has 5 nitrogen and oxygen atoms in total. The average molecular weight is 341 g/mol. The van der Waals surface area contributed by atoms with Crippen LogP contribution in [0.1, 0.15) is 18.4 Å². The number of carbonyl (C=O) groups excluding carboxylic acids is 2. The molecule has 0 unspecified atom stereocenters. The number of aliphatic hydroxyl groups excluding tert-OH is 1. The molecule has 1 aliphatic rings. The minimum absolute atomic E-state index is 0.367. The Balaban J connectivity index is 1.99. The van der Waals surface area contributed by atoms with E-state index in [0.717, 1.165) is 10.0 Å². The van der Waals surface area contributed by atoms with E-state index >= 15 is 0 Å². The van der Waals surface area contributed by atoms with Crippen molar-refractivity contribution in [2.24, 2.45) is 0 Å². The molecule has 0 radical (unpaired) electrons. The number of carbonyl (C=O) groups is 2. The highest BCUT2D eigenvalue weighted by Crippen LogP contribution is 2.23. The molecule has 1 heterocycles. The number of hydrogen-bond acceptors (Lipinski definition) is 3. The summed E-state index contributed by atoms with van der Waals surface area (Å²) < 4.78 is 0.743. The molecule has 0 bridgehead atoms. The second kappa shape index (κ2) is 6.37. The van der Waals surface area contributed by atoms with Crippen LogP contribution in [-0.4, -0.2) is 41.0 Å². The largest absolute Gasteiger partial charge is 0.393 e. The van der Waals surface area contributed by atoms with E-state index in [1.54, 1.807) is 6.07 Å². The van der Waals surface area contributed by atoms with E-state index in [-0.39, 0.29) is 6.10 Å². The maximum atomic E-state index is 12.0. The van der Waals surface area contributed by atoms with Crippen molar-refractivity contribution in [1.82, 2.24) is 4.90 Å². The highest BCUT2D eigenvalue weighted by molar-refractivity contribution is 9.10. The van der Waals surface area contributed by atoms with Crippen LogP contribution < -0.4 is 5.32 Å². The van der Waals surface area contributed by atoms with Crippen molar-refractivity contribution >= 4 is 33.4 Å². The molecule has 2 rings (SSSR count). The van der Waals surface area contributed by atoms with Gasteiger partial charge in [0.15, 0.2) is 0 Å². The molecule has 0 atom stereocenters. The maximum Gasteiger partial charge on any atom is 0.313 e. The van der Waals surface area contributed by atoms with Gasteiger partial charge >= 0.3 is 11.8 Å². The van der Waals surface area contributed by atoms with Crippen LogP contribution in [0.4, 0.5) is 5.69 Å². The van der Waals surface area contributed by atoms with Crippen LogP contribution in [0.2, 0.25) is 0 Å². The molecule has 0 saturated carbocycles. The zero-order valence-electron chi connectivity index (χ0n) is 11.2. The van der Waals surface area contributed by atoms with E-state index < -0.39 is 11.8 Å². The summed E-state index contributed by atoms with van der Waals surface area (Å²) >= 11 is 3.36. The van der Waals surface area contributed by atoms with E-state index in [2.05, 4.69) is 21.2 Å². The minimum atomic E-state index is -0.647. The molecule has 1 aromatic carbocycles. The van der Waals surface area contributed by atoms with Crippen LogP contribution in [0.5, 0.6) is 0 Å². The smallest absolute Gasteiger partial charge is 0.313 e. The molecule has 0 spiro atoms. The summed E-state index contributed by atoms with van der Waals surface area (Å²) in [6.45, 7) is 2.78. The van der Waals surface area contributed by atoms with Gasteiger partial charge in [0.05, 0.1) is 11.8 Å². The van der Waals surface area contributed by atoms with Gasteiger partial charge in [-0.1, -0.05) is 6.07 Å². The lowest BCUT2D eigenvalue weighted by molar-refractivity contribution is -0.144. The number of piperidine rings is 1. The number of benzene rings is 1. The average Bonchev–Trinajstić information content (AvgIpc) is 2.42. The first kappa shape index (κ1) is 15.0. The van der Waals surface area contributed by atoms with Crippen LogP contribution in [0.3, 0.4) is 0 Å². The van der Waals surface area contributed by atoms with Gasteiger partial charge < -0.3 is 15.3 Å². The van der Waals surface area contributed by atoms with Crippen molar-refractivity contribution in [2.75, 3.05) is 18.4 Å². The molecule has 0 aromatic heterocycles. The second-order valence-corrected chi connectivity index (χ2v) is 5.82. The normalized spacial score (nSPS) is 16.1. The molecule has 0 aliphatic carbocycles. The molecule has 6 heteroatoms. The predicted molar refractivity (Wildman–Crippen MR) is 79.3 cm³/mol. The molecule has 2 N–H and O–H groups in total. The molecule has 1 fully saturated rings. The zero-order valence-corrected chi connectivity index (χ0v) is 12.8. The number of aliphatic hydroxyl groups is 1. The van der Waals surface area contributed by atoms with Gasteiger partial charge in [-0.25, -0.2) is 0 Å².